The Kier molecular flexibility index (Phi) is 5.00. The number of benzene rings is 1. The molecule has 0 amide bonds. The van der Waals surface area contributed by atoms with Crippen molar-refractivity contribution in [1.82, 2.24) is 4.90 Å². The van der Waals surface area contributed by atoms with E-state index in [0.29, 0.717) is 0 Å². The van der Waals surface area contributed by atoms with Crippen LogP contribution in [0.15, 0.2) is 72.0 Å². The van der Waals surface area contributed by atoms with Gasteiger partial charge in [0.15, 0.2) is 0 Å². The normalized spacial score (nSPS) is 21.0. The van der Waals surface area contributed by atoms with E-state index in [4.69, 9.17) is 9.73 Å². The fraction of sp³-hybridized carbons (Fsp3) is 0.381. The number of piperidine rings is 1. The van der Waals surface area contributed by atoms with E-state index in [1.54, 1.807) is 0 Å². The third-order valence-electron chi connectivity index (χ3n) is 4.84. The van der Waals surface area contributed by atoms with Crippen LogP contribution in [0.25, 0.3) is 0 Å². The monoisotopic (exact) mass is 322 g/mol. The van der Waals surface area contributed by atoms with Crippen molar-refractivity contribution in [3.05, 3.63) is 72.6 Å². The van der Waals surface area contributed by atoms with Crippen LogP contribution < -0.4 is 0 Å². The fourth-order valence-corrected chi connectivity index (χ4v) is 3.48. The van der Waals surface area contributed by atoms with Crippen LogP contribution in [-0.4, -0.2) is 35.9 Å². The molecular weight excluding hydrogens is 296 g/mol. The van der Waals surface area contributed by atoms with Crippen molar-refractivity contribution < 1.29 is 4.74 Å². The molecule has 2 aliphatic rings. The minimum absolute atomic E-state index is 0.0170. The molecule has 2 fully saturated rings. The van der Waals surface area contributed by atoms with E-state index in [1.807, 2.05) is 37.3 Å². The smallest absolute Gasteiger partial charge is 0.121 e. The van der Waals surface area contributed by atoms with Crippen LogP contribution in [0.3, 0.4) is 0 Å². The molecule has 0 radical (unpaired) electrons. The third kappa shape index (κ3) is 3.68. The van der Waals surface area contributed by atoms with E-state index in [1.165, 1.54) is 5.57 Å². The highest BCUT2D eigenvalue weighted by Crippen LogP contribution is 2.38. The minimum atomic E-state index is 0.0170. The Morgan fingerprint density at radius 3 is 2.54 bits per heavy atom. The van der Waals surface area contributed by atoms with Crippen molar-refractivity contribution in [2.24, 2.45) is 4.99 Å². The minimum Gasteiger partial charge on any atom is -0.370 e. The summed E-state index contributed by atoms with van der Waals surface area (Å²) in [4.78, 5) is 7.06. The number of likely N-dealkylation sites (tertiary alicyclic amines) is 1. The summed E-state index contributed by atoms with van der Waals surface area (Å²) >= 11 is 0. The van der Waals surface area contributed by atoms with Crippen molar-refractivity contribution in [2.45, 2.75) is 31.8 Å². The predicted octanol–water partition coefficient (Wildman–Crippen LogP) is 4.33. The van der Waals surface area contributed by atoms with Gasteiger partial charge >= 0.3 is 0 Å². The van der Waals surface area contributed by atoms with Gasteiger partial charge < -0.3 is 9.64 Å². The second-order valence-corrected chi connectivity index (χ2v) is 6.66. The van der Waals surface area contributed by atoms with E-state index in [0.717, 1.165) is 56.1 Å². The first-order valence-electron chi connectivity index (χ1n) is 8.63. The van der Waals surface area contributed by atoms with Gasteiger partial charge in [0, 0.05) is 18.7 Å². The van der Waals surface area contributed by atoms with Crippen molar-refractivity contribution in [1.29, 1.82) is 0 Å². The van der Waals surface area contributed by atoms with Gasteiger partial charge in [-0.05, 0) is 37.8 Å². The zero-order valence-corrected chi connectivity index (χ0v) is 14.5. The van der Waals surface area contributed by atoms with Gasteiger partial charge in [-0.3, -0.25) is 0 Å². The quantitative estimate of drug-likeness (QED) is 0.609. The number of rotatable bonds is 4. The van der Waals surface area contributed by atoms with E-state index in [-0.39, 0.29) is 5.60 Å². The number of hydrogen-bond donors (Lipinski definition) is 0. The first-order valence-corrected chi connectivity index (χ1v) is 8.63. The van der Waals surface area contributed by atoms with Crippen LogP contribution in [0, 0.1) is 0 Å². The number of hydrogen-bond acceptors (Lipinski definition) is 3. The van der Waals surface area contributed by atoms with E-state index in [9.17, 15) is 0 Å². The van der Waals surface area contributed by atoms with Crippen LogP contribution in [-0.2, 0) is 4.74 Å². The van der Waals surface area contributed by atoms with E-state index in [2.05, 4.69) is 30.2 Å². The summed E-state index contributed by atoms with van der Waals surface area (Å²) < 4.78 is 6.01. The zero-order chi connectivity index (χ0) is 17.0. The summed E-state index contributed by atoms with van der Waals surface area (Å²) in [5, 5.41) is 0. The molecule has 2 heterocycles. The number of allylic oxidation sites excluding steroid dienone is 2. The average molecular weight is 322 g/mol. The SMILES string of the molecule is C=C1COC2(CCN(C(=C)N=C(/C=C\C)c3ccccc3)CC2)C1. The van der Waals surface area contributed by atoms with Gasteiger partial charge in [0.2, 0.25) is 0 Å². The summed E-state index contributed by atoms with van der Waals surface area (Å²) in [7, 11) is 0. The topological polar surface area (TPSA) is 24.8 Å². The number of ether oxygens (including phenoxy) is 1. The van der Waals surface area contributed by atoms with Gasteiger partial charge in [0.1, 0.15) is 5.82 Å². The van der Waals surface area contributed by atoms with Crippen LogP contribution in [0.5, 0.6) is 0 Å². The third-order valence-corrected chi connectivity index (χ3v) is 4.84. The summed E-state index contributed by atoms with van der Waals surface area (Å²) in [6.07, 6.45) is 7.10. The molecule has 3 heteroatoms. The Balaban J connectivity index is 1.69. The Bertz CT molecular complexity index is 664. The highest BCUT2D eigenvalue weighted by atomic mass is 16.5. The predicted molar refractivity (Wildman–Crippen MR) is 100 cm³/mol. The van der Waals surface area contributed by atoms with Crippen molar-refractivity contribution in [3.8, 4) is 0 Å². The first-order chi connectivity index (χ1) is 11.6. The second-order valence-electron chi connectivity index (χ2n) is 6.66. The lowest BCUT2D eigenvalue weighted by atomic mass is 9.87. The molecule has 126 valence electrons. The second kappa shape index (κ2) is 7.18. The van der Waals surface area contributed by atoms with Crippen molar-refractivity contribution in [2.75, 3.05) is 19.7 Å². The molecule has 1 aromatic rings. The highest BCUT2D eigenvalue weighted by Gasteiger charge is 2.40. The number of nitrogens with zero attached hydrogens (tertiary/aromatic N) is 2. The van der Waals surface area contributed by atoms with Crippen LogP contribution in [0.1, 0.15) is 31.7 Å². The number of aliphatic imine (C=N–C) groups is 1. The Morgan fingerprint density at radius 2 is 1.96 bits per heavy atom. The van der Waals surface area contributed by atoms with Gasteiger partial charge in [-0.15, -0.1) is 0 Å². The molecule has 0 bridgehead atoms. The standard InChI is InChI=1S/C21H26N2O/c1-4-8-20(19-9-6-5-7-10-19)22-18(3)23-13-11-21(12-14-23)15-17(2)16-24-21/h4-10H,2-3,11-16H2,1H3/b8-4-,22-20?. The molecule has 0 N–H and O–H groups in total. The van der Waals surface area contributed by atoms with Crippen molar-refractivity contribution >= 4 is 5.71 Å². The van der Waals surface area contributed by atoms with Gasteiger partial charge in [-0.25, -0.2) is 4.99 Å². The molecular formula is C21H26N2O. The van der Waals surface area contributed by atoms with Gasteiger partial charge in [0.25, 0.3) is 0 Å². The van der Waals surface area contributed by atoms with Gasteiger partial charge in [0.05, 0.1) is 17.9 Å². The van der Waals surface area contributed by atoms with Gasteiger partial charge in [-0.1, -0.05) is 49.6 Å². The molecule has 2 aliphatic heterocycles. The molecule has 3 nitrogen and oxygen atoms in total. The molecule has 1 aromatic carbocycles. The van der Waals surface area contributed by atoms with Crippen LogP contribution in [0.2, 0.25) is 0 Å². The average Bonchev–Trinajstić information content (AvgIpc) is 2.96. The summed E-state index contributed by atoms with van der Waals surface area (Å²) in [5.41, 5.74) is 3.30. The van der Waals surface area contributed by atoms with Gasteiger partial charge in [-0.2, -0.15) is 0 Å². The molecule has 1 spiro atoms. The maximum atomic E-state index is 6.01. The molecule has 0 aromatic heterocycles. The Labute approximate surface area is 145 Å². The molecule has 2 saturated heterocycles. The molecule has 3 rings (SSSR count). The maximum absolute atomic E-state index is 6.01. The van der Waals surface area contributed by atoms with Crippen molar-refractivity contribution in [3.63, 3.8) is 0 Å². The molecule has 0 atom stereocenters. The van der Waals surface area contributed by atoms with Crippen LogP contribution in [0.4, 0.5) is 0 Å². The fourth-order valence-electron chi connectivity index (χ4n) is 3.48. The summed E-state index contributed by atoms with van der Waals surface area (Å²) in [6, 6.07) is 10.2. The summed E-state index contributed by atoms with van der Waals surface area (Å²) in [6.45, 7) is 12.9. The summed E-state index contributed by atoms with van der Waals surface area (Å²) in [5.74, 6) is 0.832. The van der Waals surface area contributed by atoms with E-state index < -0.39 is 0 Å². The Morgan fingerprint density at radius 1 is 1.25 bits per heavy atom. The maximum Gasteiger partial charge on any atom is 0.121 e. The lowest BCUT2D eigenvalue weighted by Gasteiger charge is -2.39. The molecule has 24 heavy (non-hydrogen) atoms. The zero-order valence-electron chi connectivity index (χ0n) is 14.5. The first kappa shape index (κ1) is 16.7. The largest absolute Gasteiger partial charge is 0.370 e. The lowest BCUT2D eigenvalue weighted by Crippen LogP contribution is -2.43. The van der Waals surface area contributed by atoms with E-state index >= 15 is 0 Å². The Hall–Kier alpha value is -2.13. The van der Waals surface area contributed by atoms with Crippen LogP contribution >= 0.6 is 0 Å². The molecule has 0 unspecified atom stereocenters. The molecule has 0 saturated carbocycles. The highest BCUT2D eigenvalue weighted by molar-refractivity contribution is 6.09. The lowest BCUT2D eigenvalue weighted by molar-refractivity contribution is -0.0375. The molecule has 0 aliphatic carbocycles.